The molecule has 1 fully saturated rings. The fourth-order valence-electron chi connectivity index (χ4n) is 0.884. The van der Waals surface area contributed by atoms with Crippen LogP contribution in [0.25, 0.3) is 0 Å². The maximum atomic E-state index is 2.00. The van der Waals surface area contributed by atoms with Gasteiger partial charge >= 0.3 is 0 Å². The topological polar surface area (TPSA) is 31.5 Å². The van der Waals surface area contributed by atoms with Crippen LogP contribution >= 0.6 is 0 Å². The van der Waals surface area contributed by atoms with E-state index in [0.29, 0.717) is 0 Å². The standard InChI is InChI=1S/C5H10.C2H6.H2O/c1-2-4-5-3-1;1-2;/h1-5H2;1-2H3;1H2. The number of hydrogen-bond acceptors (Lipinski definition) is 0. The van der Waals surface area contributed by atoms with Crippen LogP contribution < -0.4 is 0 Å². The summed E-state index contributed by atoms with van der Waals surface area (Å²) in [6.45, 7) is 4.00. The zero-order valence-electron chi connectivity index (χ0n) is 6.04. The lowest BCUT2D eigenvalue weighted by atomic mass is 10.4. The average molecular weight is 118 g/mol. The normalized spacial score (nSPS) is 15.8. The van der Waals surface area contributed by atoms with Crippen molar-refractivity contribution in [1.29, 1.82) is 0 Å². The molecule has 0 heterocycles. The second kappa shape index (κ2) is 10.0. The molecule has 1 aliphatic carbocycles. The Hall–Kier alpha value is -0.0400. The van der Waals surface area contributed by atoms with Gasteiger partial charge in [0.05, 0.1) is 0 Å². The van der Waals surface area contributed by atoms with E-state index in [1.807, 2.05) is 13.8 Å². The van der Waals surface area contributed by atoms with Crippen LogP contribution in [0.15, 0.2) is 0 Å². The molecular formula is C7H18O. The summed E-state index contributed by atoms with van der Waals surface area (Å²) in [5.74, 6) is 0. The zero-order chi connectivity index (χ0) is 5.54. The van der Waals surface area contributed by atoms with Crippen LogP contribution in [-0.4, -0.2) is 5.48 Å². The Labute approximate surface area is 52.4 Å². The predicted octanol–water partition coefficient (Wildman–Crippen LogP) is 2.15. The lowest BCUT2D eigenvalue weighted by molar-refractivity contribution is 0.824. The fraction of sp³-hybridized carbons (Fsp3) is 1.00. The van der Waals surface area contributed by atoms with Gasteiger partial charge in [-0.05, 0) is 0 Å². The van der Waals surface area contributed by atoms with Crippen molar-refractivity contribution in [3.8, 4) is 0 Å². The van der Waals surface area contributed by atoms with Crippen molar-refractivity contribution in [2.75, 3.05) is 0 Å². The molecule has 0 aromatic rings. The first-order valence-corrected chi connectivity index (χ1v) is 3.50. The molecule has 1 saturated carbocycles. The van der Waals surface area contributed by atoms with Crippen LogP contribution in [0.3, 0.4) is 0 Å². The molecule has 1 nitrogen and oxygen atoms in total. The van der Waals surface area contributed by atoms with Gasteiger partial charge in [-0.3, -0.25) is 0 Å². The molecule has 52 valence electrons. The summed E-state index contributed by atoms with van der Waals surface area (Å²) in [5, 5.41) is 0. The van der Waals surface area contributed by atoms with Gasteiger partial charge in [-0.1, -0.05) is 46.0 Å². The van der Waals surface area contributed by atoms with Gasteiger partial charge in [0.25, 0.3) is 0 Å². The molecule has 0 radical (unpaired) electrons. The zero-order valence-corrected chi connectivity index (χ0v) is 6.04. The molecule has 0 unspecified atom stereocenters. The molecule has 0 bridgehead atoms. The van der Waals surface area contributed by atoms with Crippen molar-refractivity contribution >= 4 is 0 Å². The third-order valence-corrected chi connectivity index (χ3v) is 1.25. The van der Waals surface area contributed by atoms with E-state index in [-0.39, 0.29) is 5.48 Å². The Morgan fingerprint density at radius 2 is 0.750 bits per heavy atom. The lowest BCUT2D eigenvalue weighted by Gasteiger charge is -1.67. The second-order valence-corrected chi connectivity index (χ2v) is 1.77. The van der Waals surface area contributed by atoms with E-state index in [0.717, 1.165) is 0 Å². The first-order chi connectivity index (χ1) is 3.50. The Bertz CT molecular complexity index is 16.0. The van der Waals surface area contributed by atoms with E-state index in [9.17, 15) is 0 Å². The molecule has 0 aromatic carbocycles. The fourth-order valence-corrected chi connectivity index (χ4v) is 0.884. The van der Waals surface area contributed by atoms with Gasteiger partial charge in [0.1, 0.15) is 0 Å². The second-order valence-electron chi connectivity index (χ2n) is 1.77. The molecule has 1 heteroatoms. The van der Waals surface area contributed by atoms with Crippen molar-refractivity contribution in [2.24, 2.45) is 0 Å². The van der Waals surface area contributed by atoms with Crippen LogP contribution in [0.2, 0.25) is 0 Å². The van der Waals surface area contributed by atoms with Gasteiger partial charge in [-0.2, -0.15) is 0 Å². The lowest BCUT2D eigenvalue weighted by Crippen LogP contribution is -1.47. The molecule has 0 aliphatic heterocycles. The minimum Gasteiger partial charge on any atom is -0.412 e. The summed E-state index contributed by atoms with van der Waals surface area (Å²) < 4.78 is 0. The maximum absolute atomic E-state index is 2.00. The monoisotopic (exact) mass is 118 g/mol. The summed E-state index contributed by atoms with van der Waals surface area (Å²) in [6, 6.07) is 0. The van der Waals surface area contributed by atoms with E-state index < -0.39 is 0 Å². The Kier molecular flexibility index (Phi) is 13.6. The van der Waals surface area contributed by atoms with Gasteiger partial charge in [0, 0.05) is 0 Å². The molecule has 0 amide bonds. The van der Waals surface area contributed by atoms with Crippen molar-refractivity contribution in [3.05, 3.63) is 0 Å². The molecule has 1 aliphatic rings. The van der Waals surface area contributed by atoms with Crippen LogP contribution in [0, 0.1) is 0 Å². The number of hydrogen-bond donors (Lipinski definition) is 0. The third-order valence-electron chi connectivity index (χ3n) is 1.25. The SMILES string of the molecule is C1CCCC1.CC.O. The van der Waals surface area contributed by atoms with Crippen LogP contribution in [0.1, 0.15) is 46.0 Å². The van der Waals surface area contributed by atoms with Crippen LogP contribution in [0.4, 0.5) is 0 Å². The summed E-state index contributed by atoms with van der Waals surface area (Å²) in [5.41, 5.74) is 0. The maximum Gasteiger partial charge on any atom is -0.0533 e. The largest absolute Gasteiger partial charge is 0.412 e. The molecule has 0 atom stereocenters. The van der Waals surface area contributed by atoms with Gasteiger partial charge in [-0.25, -0.2) is 0 Å². The average Bonchev–Trinajstić information content (AvgIpc) is 2.23. The molecule has 0 aromatic heterocycles. The van der Waals surface area contributed by atoms with Gasteiger partial charge < -0.3 is 5.48 Å². The highest BCUT2D eigenvalue weighted by atomic mass is 16.0. The highest BCUT2D eigenvalue weighted by Crippen LogP contribution is 2.15. The minimum absolute atomic E-state index is 0. The highest BCUT2D eigenvalue weighted by Gasteiger charge is 1.95. The molecule has 2 N–H and O–H groups in total. The van der Waals surface area contributed by atoms with Gasteiger partial charge in [0.15, 0.2) is 0 Å². The first-order valence-electron chi connectivity index (χ1n) is 3.50. The Morgan fingerprint density at radius 1 is 0.625 bits per heavy atom. The molecule has 0 spiro atoms. The summed E-state index contributed by atoms with van der Waals surface area (Å²) in [4.78, 5) is 0. The first kappa shape index (κ1) is 10.9. The van der Waals surface area contributed by atoms with Crippen LogP contribution in [-0.2, 0) is 0 Å². The van der Waals surface area contributed by atoms with Crippen LogP contribution in [0.5, 0.6) is 0 Å². The van der Waals surface area contributed by atoms with Crippen molar-refractivity contribution in [3.63, 3.8) is 0 Å². The van der Waals surface area contributed by atoms with E-state index in [1.165, 1.54) is 32.1 Å². The van der Waals surface area contributed by atoms with Crippen molar-refractivity contribution in [2.45, 2.75) is 46.0 Å². The highest BCUT2D eigenvalue weighted by molar-refractivity contribution is 4.51. The third kappa shape index (κ3) is 5.96. The predicted molar refractivity (Wildman–Crippen MR) is 38.0 cm³/mol. The van der Waals surface area contributed by atoms with E-state index in [4.69, 9.17) is 0 Å². The van der Waals surface area contributed by atoms with Crippen molar-refractivity contribution in [1.82, 2.24) is 0 Å². The molecule has 8 heavy (non-hydrogen) atoms. The quantitative estimate of drug-likeness (QED) is 0.467. The van der Waals surface area contributed by atoms with Gasteiger partial charge in [-0.15, -0.1) is 0 Å². The van der Waals surface area contributed by atoms with E-state index in [1.54, 1.807) is 0 Å². The van der Waals surface area contributed by atoms with E-state index >= 15 is 0 Å². The Morgan fingerprint density at radius 3 is 0.875 bits per heavy atom. The minimum atomic E-state index is 0. The van der Waals surface area contributed by atoms with E-state index in [2.05, 4.69) is 0 Å². The van der Waals surface area contributed by atoms with Gasteiger partial charge in [0.2, 0.25) is 0 Å². The summed E-state index contributed by atoms with van der Waals surface area (Å²) >= 11 is 0. The summed E-state index contributed by atoms with van der Waals surface area (Å²) in [6.07, 6.45) is 7.50. The van der Waals surface area contributed by atoms with Crippen molar-refractivity contribution < 1.29 is 5.48 Å². The Balaban J connectivity index is 0. The molecule has 1 rings (SSSR count). The molecular weight excluding hydrogens is 100 g/mol. The molecule has 0 saturated heterocycles. The smallest absolute Gasteiger partial charge is 0.0533 e. The summed E-state index contributed by atoms with van der Waals surface area (Å²) in [7, 11) is 0. The number of rotatable bonds is 0.